The topological polar surface area (TPSA) is 98.7 Å². The first-order chi connectivity index (χ1) is 12.1. The number of pyridine rings is 1. The van der Waals surface area contributed by atoms with E-state index in [0.717, 1.165) is 5.56 Å². The zero-order valence-corrected chi connectivity index (χ0v) is 14.0. The van der Waals surface area contributed by atoms with Crippen molar-refractivity contribution in [3.63, 3.8) is 0 Å². The average molecular weight is 338 g/mol. The maximum absolute atomic E-state index is 11.9. The highest BCUT2D eigenvalue weighted by Crippen LogP contribution is 2.21. The molecule has 0 saturated carbocycles. The summed E-state index contributed by atoms with van der Waals surface area (Å²) in [5, 5.41) is 6.64. The smallest absolute Gasteiger partial charge is 0.271 e. The van der Waals surface area contributed by atoms with E-state index >= 15 is 0 Å². The highest BCUT2D eigenvalue weighted by molar-refractivity contribution is 5.92. The van der Waals surface area contributed by atoms with Crippen LogP contribution in [0.2, 0.25) is 0 Å². The van der Waals surface area contributed by atoms with Crippen LogP contribution in [-0.2, 0) is 0 Å². The van der Waals surface area contributed by atoms with Crippen molar-refractivity contribution in [2.75, 3.05) is 6.54 Å². The number of aromatic nitrogens is 5. The van der Waals surface area contributed by atoms with Crippen LogP contribution >= 0.6 is 0 Å². The predicted molar refractivity (Wildman–Crippen MR) is 91.3 cm³/mol. The van der Waals surface area contributed by atoms with E-state index in [1.165, 1.54) is 6.33 Å². The lowest BCUT2D eigenvalue weighted by Crippen LogP contribution is -2.23. The minimum absolute atomic E-state index is 0.184. The fourth-order valence-electron chi connectivity index (χ4n) is 2.10. The third kappa shape index (κ3) is 3.63. The Morgan fingerprint density at radius 1 is 1.44 bits per heavy atom. The van der Waals surface area contributed by atoms with Gasteiger partial charge in [-0.2, -0.15) is 4.98 Å². The predicted octanol–water partition coefficient (Wildman–Crippen LogP) is 2.36. The van der Waals surface area contributed by atoms with E-state index in [0.29, 0.717) is 29.8 Å². The molecule has 3 aromatic heterocycles. The summed E-state index contributed by atoms with van der Waals surface area (Å²) in [5.41, 5.74) is 1.05. The summed E-state index contributed by atoms with van der Waals surface area (Å²) in [4.78, 5) is 24.7. The highest BCUT2D eigenvalue weighted by Gasteiger charge is 2.14. The van der Waals surface area contributed by atoms with Gasteiger partial charge in [-0.15, -0.1) is 6.58 Å². The summed E-state index contributed by atoms with van der Waals surface area (Å²) in [6, 6.07) is 3.58. The molecule has 0 fully saturated rings. The van der Waals surface area contributed by atoms with Gasteiger partial charge in [0.2, 0.25) is 0 Å². The number of hydrogen-bond donors (Lipinski definition) is 1. The molecule has 3 rings (SSSR count). The molecular formula is C17H18N6O2. The Kier molecular flexibility index (Phi) is 4.69. The first-order valence-corrected chi connectivity index (χ1v) is 7.82. The lowest BCUT2D eigenvalue weighted by Gasteiger charge is -2.02. The number of nitrogens with zero attached hydrogens (tertiary/aromatic N) is 5. The first-order valence-electron chi connectivity index (χ1n) is 7.82. The summed E-state index contributed by atoms with van der Waals surface area (Å²) in [6.07, 6.45) is 6.39. The van der Waals surface area contributed by atoms with Crippen LogP contribution in [0.1, 0.15) is 36.1 Å². The Bertz CT molecular complexity index is 896. The van der Waals surface area contributed by atoms with Crippen molar-refractivity contribution in [3.05, 3.63) is 55.0 Å². The molecule has 0 aliphatic carbocycles. The maximum Gasteiger partial charge on any atom is 0.271 e. The van der Waals surface area contributed by atoms with Gasteiger partial charge in [-0.1, -0.05) is 25.1 Å². The van der Waals surface area contributed by atoms with Gasteiger partial charge in [0.05, 0.1) is 0 Å². The maximum atomic E-state index is 11.9. The molecule has 0 radical (unpaired) electrons. The second-order valence-electron chi connectivity index (χ2n) is 5.68. The molecule has 0 unspecified atom stereocenters. The third-order valence-electron chi connectivity index (χ3n) is 3.44. The van der Waals surface area contributed by atoms with Gasteiger partial charge in [-0.3, -0.25) is 9.36 Å². The summed E-state index contributed by atoms with van der Waals surface area (Å²) >= 11 is 0. The van der Waals surface area contributed by atoms with Crippen LogP contribution in [0.25, 0.3) is 17.3 Å². The Balaban J connectivity index is 1.85. The largest absolute Gasteiger partial charge is 0.347 e. The molecule has 25 heavy (non-hydrogen) atoms. The molecule has 0 saturated heterocycles. The van der Waals surface area contributed by atoms with Crippen molar-refractivity contribution in [1.29, 1.82) is 0 Å². The molecule has 128 valence electrons. The summed E-state index contributed by atoms with van der Waals surface area (Å²) in [6.45, 7) is 7.94. The SMILES string of the molecule is C=CCNC(=O)c1cn(-c2cc(-c3nc(C(C)C)no3)ccn2)cn1. The molecule has 8 heteroatoms. The third-order valence-corrected chi connectivity index (χ3v) is 3.44. The van der Waals surface area contributed by atoms with Crippen molar-refractivity contribution in [2.45, 2.75) is 19.8 Å². The van der Waals surface area contributed by atoms with Crippen molar-refractivity contribution in [2.24, 2.45) is 0 Å². The van der Waals surface area contributed by atoms with Gasteiger partial charge in [0.25, 0.3) is 11.8 Å². The molecule has 1 N–H and O–H groups in total. The quantitative estimate of drug-likeness (QED) is 0.693. The fraction of sp³-hybridized carbons (Fsp3) is 0.235. The van der Waals surface area contributed by atoms with E-state index in [-0.39, 0.29) is 11.8 Å². The van der Waals surface area contributed by atoms with Crippen LogP contribution in [0.3, 0.4) is 0 Å². The molecule has 0 atom stereocenters. The van der Waals surface area contributed by atoms with E-state index in [1.807, 2.05) is 13.8 Å². The number of amides is 1. The molecule has 1 amide bonds. The van der Waals surface area contributed by atoms with Crippen molar-refractivity contribution >= 4 is 5.91 Å². The number of hydrogen-bond acceptors (Lipinski definition) is 6. The average Bonchev–Trinajstić information content (AvgIpc) is 3.29. The number of imidazole rings is 1. The van der Waals surface area contributed by atoms with Crippen LogP contribution in [0, 0.1) is 0 Å². The molecule has 3 heterocycles. The Hall–Kier alpha value is -3.29. The van der Waals surface area contributed by atoms with Crippen molar-refractivity contribution < 1.29 is 9.32 Å². The Morgan fingerprint density at radius 3 is 3.00 bits per heavy atom. The van der Waals surface area contributed by atoms with Gasteiger partial charge in [0.15, 0.2) is 5.82 Å². The van der Waals surface area contributed by atoms with E-state index in [1.54, 1.807) is 35.2 Å². The van der Waals surface area contributed by atoms with Gasteiger partial charge in [-0.05, 0) is 12.1 Å². The standard InChI is InChI=1S/C17H18N6O2/c1-4-6-19-16(24)13-9-23(10-20-13)14-8-12(5-7-18-14)17-21-15(11(2)3)22-25-17/h4-5,7-11H,1,6H2,2-3H3,(H,19,24). The van der Waals surface area contributed by atoms with E-state index < -0.39 is 0 Å². The van der Waals surface area contributed by atoms with E-state index in [4.69, 9.17) is 4.52 Å². The summed E-state index contributed by atoms with van der Waals surface area (Å²) in [5.74, 6) is 1.59. The summed E-state index contributed by atoms with van der Waals surface area (Å²) in [7, 11) is 0. The van der Waals surface area contributed by atoms with Crippen LogP contribution < -0.4 is 5.32 Å². The molecule has 0 aliphatic rings. The van der Waals surface area contributed by atoms with E-state index in [9.17, 15) is 4.79 Å². The lowest BCUT2D eigenvalue weighted by atomic mass is 10.2. The van der Waals surface area contributed by atoms with Gasteiger partial charge in [0, 0.05) is 30.4 Å². The zero-order chi connectivity index (χ0) is 17.8. The minimum atomic E-state index is -0.270. The highest BCUT2D eigenvalue weighted by atomic mass is 16.5. The normalized spacial score (nSPS) is 10.8. The molecule has 8 nitrogen and oxygen atoms in total. The Morgan fingerprint density at radius 2 is 2.28 bits per heavy atom. The van der Waals surface area contributed by atoms with Crippen LogP contribution in [0.15, 0.2) is 48.0 Å². The monoisotopic (exact) mass is 338 g/mol. The molecule has 3 aromatic rings. The number of carbonyl (C=O) groups excluding carboxylic acids is 1. The second-order valence-corrected chi connectivity index (χ2v) is 5.68. The van der Waals surface area contributed by atoms with E-state index in [2.05, 4.69) is 32.0 Å². The van der Waals surface area contributed by atoms with Crippen molar-refractivity contribution in [3.8, 4) is 17.3 Å². The molecular weight excluding hydrogens is 320 g/mol. The van der Waals surface area contributed by atoms with Gasteiger partial charge in [-0.25, -0.2) is 9.97 Å². The van der Waals surface area contributed by atoms with Crippen LogP contribution in [-0.4, -0.2) is 37.1 Å². The molecule has 0 spiro atoms. The molecule has 0 aliphatic heterocycles. The Labute approximate surface area is 144 Å². The van der Waals surface area contributed by atoms with Crippen molar-refractivity contribution in [1.82, 2.24) is 30.0 Å². The lowest BCUT2D eigenvalue weighted by molar-refractivity contribution is 0.0953. The first kappa shape index (κ1) is 16.6. The van der Waals surface area contributed by atoms with Gasteiger partial charge in [0.1, 0.15) is 17.8 Å². The van der Waals surface area contributed by atoms with Crippen LogP contribution in [0.4, 0.5) is 0 Å². The van der Waals surface area contributed by atoms with Gasteiger partial charge >= 0.3 is 0 Å². The minimum Gasteiger partial charge on any atom is -0.347 e. The number of rotatable bonds is 6. The molecule has 0 aromatic carbocycles. The van der Waals surface area contributed by atoms with Gasteiger partial charge < -0.3 is 9.84 Å². The number of carbonyl (C=O) groups is 1. The molecule has 0 bridgehead atoms. The zero-order valence-electron chi connectivity index (χ0n) is 14.0. The summed E-state index contributed by atoms with van der Waals surface area (Å²) < 4.78 is 6.96. The fourth-order valence-corrected chi connectivity index (χ4v) is 2.10. The number of nitrogens with one attached hydrogen (secondary N) is 1. The second kappa shape index (κ2) is 7.08. The van der Waals surface area contributed by atoms with Crippen LogP contribution in [0.5, 0.6) is 0 Å².